The van der Waals surface area contributed by atoms with Gasteiger partial charge in [0.15, 0.2) is 0 Å². The van der Waals surface area contributed by atoms with Gasteiger partial charge in [-0.15, -0.1) is 0 Å². The molecule has 1 saturated heterocycles. The van der Waals surface area contributed by atoms with Crippen LogP contribution in [0.25, 0.3) is 32.3 Å². The van der Waals surface area contributed by atoms with Gasteiger partial charge in [0.25, 0.3) is 0 Å². The fourth-order valence-electron chi connectivity index (χ4n) is 3.49. The molecule has 28 heavy (non-hydrogen) atoms. The summed E-state index contributed by atoms with van der Waals surface area (Å²) in [6, 6.07) is 22.1. The van der Waals surface area contributed by atoms with Gasteiger partial charge < -0.3 is 24.8 Å². The van der Waals surface area contributed by atoms with Crippen LogP contribution < -0.4 is 9.97 Å². The summed E-state index contributed by atoms with van der Waals surface area (Å²) in [6.45, 7) is 3.83. The Hall–Kier alpha value is -2.64. The van der Waals surface area contributed by atoms with E-state index in [0.29, 0.717) is 5.75 Å². The maximum atomic E-state index is 9.14. The van der Waals surface area contributed by atoms with Crippen LogP contribution in [0.5, 0.6) is 5.75 Å². The molecule has 0 spiro atoms. The zero-order valence-corrected chi connectivity index (χ0v) is 15.5. The van der Waals surface area contributed by atoms with Crippen molar-refractivity contribution in [3.05, 3.63) is 66.7 Å². The van der Waals surface area contributed by atoms with Gasteiger partial charge in [-0.3, -0.25) is 0 Å². The van der Waals surface area contributed by atoms with E-state index in [4.69, 9.17) is 19.4 Å². The van der Waals surface area contributed by atoms with E-state index in [1.54, 1.807) is 6.07 Å². The lowest BCUT2D eigenvalue weighted by Gasteiger charge is -2.12. The molecule has 4 aromatic carbocycles. The molecule has 1 heterocycles. The molecular weight excluding hydrogens is 353 g/mol. The van der Waals surface area contributed by atoms with Gasteiger partial charge in [-0.2, -0.15) is 0 Å². The number of hydrogen-bond acceptors (Lipinski definition) is 5. The predicted octanol–water partition coefficient (Wildman–Crippen LogP) is 3.10. The van der Waals surface area contributed by atoms with Crippen molar-refractivity contribution < 1.29 is 19.4 Å². The molecule has 0 saturated carbocycles. The van der Waals surface area contributed by atoms with Crippen LogP contribution in [-0.2, 0) is 4.74 Å². The molecule has 1 aliphatic rings. The Kier molecular flexibility index (Phi) is 5.74. The molecule has 0 aromatic heterocycles. The zero-order valence-electron chi connectivity index (χ0n) is 15.5. The van der Waals surface area contributed by atoms with Gasteiger partial charge >= 0.3 is 7.32 Å². The molecular formula is C22H22BNO4. The van der Waals surface area contributed by atoms with Gasteiger partial charge in [0, 0.05) is 18.5 Å². The fourth-order valence-corrected chi connectivity index (χ4v) is 3.49. The van der Waals surface area contributed by atoms with Crippen molar-refractivity contribution in [3.63, 3.8) is 0 Å². The van der Waals surface area contributed by atoms with Crippen LogP contribution in [0.1, 0.15) is 0 Å². The van der Waals surface area contributed by atoms with Crippen LogP contribution in [0.15, 0.2) is 66.7 Å². The van der Waals surface area contributed by atoms with E-state index in [0.717, 1.165) is 53.2 Å². The van der Waals surface area contributed by atoms with Crippen LogP contribution in [0, 0.1) is 0 Å². The van der Waals surface area contributed by atoms with Gasteiger partial charge in [0.05, 0.1) is 13.2 Å². The fraction of sp³-hybridized carbons (Fsp3) is 0.182. The molecule has 0 radical (unpaired) electrons. The minimum Gasteiger partial charge on any atom is -0.511 e. The van der Waals surface area contributed by atoms with Gasteiger partial charge in [-0.1, -0.05) is 48.5 Å². The predicted molar refractivity (Wildman–Crippen MR) is 113 cm³/mol. The smallest absolute Gasteiger partial charge is 0.511 e. The third-order valence-electron chi connectivity index (χ3n) is 4.77. The third-order valence-corrected chi connectivity index (χ3v) is 4.77. The summed E-state index contributed by atoms with van der Waals surface area (Å²) in [5.41, 5.74) is 0. The van der Waals surface area contributed by atoms with Crippen LogP contribution >= 0.6 is 0 Å². The number of rotatable bonds is 2. The van der Waals surface area contributed by atoms with E-state index in [-0.39, 0.29) is 0 Å². The van der Waals surface area contributed by atoms with Crippen molar-refractivity contribution in [3.8, 4) is 5.75 Å². The zero-order chi connectivity index (χ0) is 19.3. The Balaban J connectivity index is 0.000000275. The van der Waals surface area contributed by atoms with E-state index in [2.05, 4.69) is 35.6 Å². The second kappa shape index (κ2) is 8.58. The molecule has 5 rings (SSSR count). The molecule has 142 valence electrons. The van der Waals surface area contributed by atoms with Gasteiger partial charge in [-0.25, -0.2) is 0 Å². The highest BCUT2D eigenvalue weighted by Crippen LogP contribution is 2.35. The minimum atomic E-state index is -1.83. The van der Waals surface area contributed by atoms with E-state index < -0.39 is 7.32 Å². The Bertz CT molecular complexity index is 1080. The lowest BCUT2D eigenvalue weighted by molar-refractivity contribution is 0.109. The second-order valence-corrected chi connectivity index (χ2v) is 6.65. The van der Waals surface area contributed by atoms with Crippen LogP contribution in [0.3, 0.4) is 0 Å². The Morgan fingerprint density at radius 1 is 0.786 bits per heavy atom. The summed E-state index contributed by atoms with van der Waals surface area (Å²) in [5, 5.41) is 27.8. The first kappa shape index (κ1) is 18.7. The lowest BCUT2D eigenvalue weighted by Crippen LogP contribution is -2.30. The molecule has 4 aromatic rings. The van der Waals surface area contributed by atoms with Crippen molar-refractivity contribution in [2.24, 2.45) is 0 Å². The summed E-state index contributed by atoms with van der Waals surface area (Å²) in [6.07, 6.45) is 0. The van der Waals surface area contributed by atoms with Crippen molar-refractivity contribution in [2.45, 2.75) is 0 Å². The van der Waals surface area contributed by atoms with Crippen LogP contribution in [0.4, 0.5) is 0 Å². The second-order valence-electron chi connectivity index (χ2n) is 6.65. The third kappa shape index (κ3) is 4.10. The molecule has 0 atom stereocenters. The van der Waals surface area contributed by atoms with Crippen molar-refractivity contribution in [2.75, 3.05) is 26.3 Å². The molecule has 0 unspecified atom stereocenters. The summed E-state index contributed by atoms with van der Waals surface area (Å²) >= 11 is 0. The normalized spacial score (nSPS) is 13.9. The standard InChI is InChI=1S/C18H13BO3.C4H9NO/c20-19(21)22-17-7-3-6-12-8-9-15-10-13-4-1-2-5-14(13)11-16(15)18(12)17;1-3-6-4-2-5-1/h1-11,20-21H;5H,1-4H2. The molecule has 6 heteroatoms. The topological polar surface area (TPSA) is 71.0 Å². The van der Waals surface area contributed by atoms with E-state index >= 15 is 0 Å². The number of fused-ring (bicyclic) bond motifs is 4. The van der Waals surface area contributed by atoms with Gasteiger partial charge in [-0.05, 0) is 45.1 Å². The van der Waals surface area contributed by atoms with Crippen molar-refractivity contribution in [1.29, 1.82) is 0 Å². The average Bonchev–Trinajstić information content (AvgIpc) is 2.73. The summed E-state index contributed by atoms with van der Waals surface area (Å²) in [7, 11) is -1.83. The average molecular weight is 375 g/mol. The number of ether oxygens (including phenoxy) is 1. The summed E-state index contributed by atoms with van der Waals surface area (Å²) < 4.78 is 10.2. The van der Waals surface area contributed by atoms with Crippen molar-refractivity contribution in [1.82, 2.24) is 5.32 Å². The maximum absolute atomic E-state index is 9.14. The number of benzene rings is 4. The highest BCUT2D eigenvalue weighted by atomic mass is 16.6. The molecule has 3 N–H and O–H groups in total. The number of hydrogen-bond donors (Lipinski definition) is 3. The number of nitrogens with one attached hydrogen (secondary N) is 1. The highest BCUT2D eigenvalue weighted by Gasteiger charge is 2.15. The quantitative estimate of drug-likeness (QED) is 0.285. The number of morpholine rings is 1. The first-order valence-electron chi connectivity index (χ1n) is 9.38. The molecule has 0 aliphatic carbocycles. The van der Waals surface area contributed by atoms with Gasteiger partial charge in [0.1, 0.15) is 5.75 Å². The van der Waals surface area contributed by atoms with E-state index in [1.165, 1.54) is 5.39 Å². The van der Waals surface area contributed by atoms with E-state index in [9.17, 15) is 0 Å². The maximum Gasteiger partial charge on any atom is 0.707 e. The molecule has 0 amide bonds. The first-order valence-corrected chi connectivity index (χ1v) is 9.38. The van der Waals surface area contributed by atoms with E-state index in [1.807, 2.05) is 30.3 Å². The Morgan fingerprint density at radius 2 is 1.46 bits per heavy atom. The molecule has 5 nitrogen and oxygen atoms in total. The lowest BCUT2D eigenvalue weighted by atomic mass is 9.97. The molecule has 1 fully saturated rings. The first-order chi connectivity index (χ1) is 13.7. The van der Waals surface area contributed by atoms with Crippen LogP contribution in [0.2, 0.25) is 0 Å². The Morgan fingerprint density at radius 3 is 2.11 bits per heavy atom. The summed E-state index contributed by atoms with van der Waals surface area (Å²) in [5.74, 6) is 0.466. The molecule has 0 bridgehead atoms. The summed E-state index contributed by atoms with van der Waals surface area (Å²) in [4.78, 5) is 0. The molecule has 1 aliphatic heterocycles. The van der Waals surface area contributed by atoms with Gasteiger partial charge in [0.2, 0.25) is 0 Å². The highest BCUT2D eigenvalue weighted by molar-refractivity contribution is 6.34. The van der Waals surface area contributed by atoms with Crippen LogP contribution in [-0.4, -0.2) is 43.7 Å². The minimum absolute atomic E-state index is 0.466. The Labute approximate surface area is 163 Å². The largest absolute Gasteiger partial charge is 0.707 e. The van der Waals surface area contributed by atoms with Crippen molar-refractivity contribution >= 4 is 39.6 Å². The monoisotopic (exact) mass is 375 g/mol. The SMILES string of the molecule is C1COCCN1.OB(O)Oc1cccc2ccc3cc4ccccc4cc3c12.